The molecule has 0 unspecified atom stereocenters. The minimum absolute atomic E-state index is 0.246. The molecule has 1 aromatic rings. The number of nitrogens with zero attached hydrogens (tertiary/aromatic N) is 2. The lowest BCUT2D eigenvalue weighted by Gasteiger charge is -2.35. The molecule has 1 aliphatic rings. The van der Waals surface area contributed by atoms with Crippen LogP contribution >= 0.6 is 0 Å². The molecule has 0 aromatic heterocycles. The van der Waals surface area contributed by atoms with Crippen molar-refractivity contribution < 1.29 is 14.7 Å². The lowest BCUT2D eigenvalue weighted by Crippen LogP contribution is -2.52. The molecule has 1 aliphatic heterocycles. The van der Waals surface area contributed by atoms with E-state index in [4.69, 9.17) is 0 Å². The fourth-order valence-electron chi connectivity index (χ4n) is 2.80. The highest BCUT2D eigenvalue weighted by molar-refractivity contribution is 5.94. The highest BCUT2D eigenvalue weighted by atomic mass is 16.4. The number of hydrogen-bond acceptors (Lipinski definition) is 2. The Morgan fingerprint density at radius 2 is 1.86 bits per heavy atom. The Hall–Kier alpha value is -2.04. The van der Waals surface area contributed by atoms with E-state index in [1.807, 2.05) is 24.3 Å². The van der Waals surface area contributed by atoms with Crippen LogP contribution in [0.4, 0.5) is 10.5 Å². The Morgan fingerprint density at radius 3 is 2.41 bits per heavy atom. The van der Waals surface area contributed by atoms with E-state index in [2.05, 4.69) is 13.8 Å². The van der Waals surface area contributed by atoms with Crippen LogP contribution in [0.2, 0.25) is 0 Å². The summed E-state index contributed by atoms with van der Waals surface area (Å²) >= 11 is 0. The number of carboxylic acids is 1. The Morgan fingerprint density at radius 1 is 1.23 bits per heavy atom. The lowest BCUT2D eigenvalue weighted by atomic mass is 10.0. The standard InChI is InChI=1S/C17H24N2O3/c1-12(2)13-7-9-14(10-8-13)18(3)17(22)19-11-5-4-6-15(19)16(20)21/h7-10,12,15H,4-6,11H2,1-3H3,(H,20,21)/t15-/m0/s1. The highest BCUT2D eigenvalue weighted by Crippen LogP contribution is 2.23. The molecule has 5 heteroatoms. The first-order chi connectivity index (χ1) is 10.4. The Bertz CT molecular complexity index is 539. The molecular formula is C17H24N2O3. The third-order valence-corrected chi connectivity index (χ3v) is 4.27. The van der Waals surface area contributed by atoms with Crippen LogP contribution in [-0.4, -0.2) is 41.6 Å². The van der Waals surface area contributed by atoms with Crippen LogP contribution in [0.25, 0.3) is 0 Å². The molecule has 0 aliphatic carbocycles. The van der Waals surface area contributed by atoms with Crippen LogP contribution in [-0.2, 0) is 4.79 Å². The van der Waals surface area contributed by atoms with Gasteiger partial charge in [0.1, 0.15) is 6.04 Å². The van der Waals surface area contributed by atoms with Gasteiger partial charge in [0.2, 0.25) is 0 Å². The molecule has 1 heterocycles. The van der Waals surface area contributed by atoms with Gasteiger partial charge in [0.05, 0.1) is 0 Å². The van der Waals surface area contributed by atoms with Crippen LogP contribution in [0, 0.1) is 0 Å². The maximum absolute atomic E-state index is 12.6. The summed E-state index contributed by atoms with van der Waals surface area (Å²) in [6.07, 6.45) is 2.24. The maximum Gasteiger partial charge on any atom is 0.326 e. The lowest BCUT2D eigenvalue weighted by molar-refractivity contribution is -0.143. The molecule has 5 nitrogen and oxygen atoms in total. The maximum atomic E-state index is 12.6. The average molecular weight is 304 g/mol. The summed E-state index contributed by atoms with van der Waals surface area (Å²) in [6, 6.07) is 6.88. The monoisotopic (exact) mass is 304 g/mol. The van der Waals surface area contributed by atoms with Gasteiger partial charge in [0.25, 0.3) is 0 Å². The summed E-state index contributed by atoms with van der Waals surface area (Å²) in [5.74, 6) is -0.481. The summed E-state index contributed by atoms with van der Waals surface area (Å²) in [5, 5.41) is 9.29. The summed E-state index contributed by atoms with van der Waals surface area (Å²) in [4.78, 5) is 27.0. The number of carbonyl (C=O) groups is 2. The second-order valence-electron chi connectivity index (χ2n) is 6.13. The smallest absolute Gasteiger partial charge is 0.326 e. The van der Waals surface area contributed by atoms with Gasteiger partial charge in [0, 0.05) is 19.3 Å². The van der Waals surface area contributed by atoms with Crippen molar-refractivity contribution in [3.8, 4) is 0 Å². The predicted octanol–water partition coefficient (Wildman–Crippen LogP) is 3.31. The fourth-order valence-corrected chi connectivity index (χ4v) is 2.80. The molecule has 1 saturated heterocycles. The molecular weight excluding hydrogens is 280 g/mol. The van der Waals surface area contributed by atoms with Crippen LogP contribution < -0.4 is 4.90 Å². The van der Waals surface area contributed by atoms with Crippen LogP contribution in [0.5, 0.6) is 0 Å². The fraction of sp³-hybridized carbons (Fsp3) is 0.529. The second-order valence-corrected chi connectivity index (χ2v) is 6.13. The van der Waals surface area contributed by atoms with Gasteiger partial charge in [-0.05, 0) is 42.9 Å². The molecule has 1 aromatic carbocycles. The van der Waals surface area contributed by atoms with Gasteiger partial charge in [-0.1, -0.05) is 26.0 Å². The van der Waals surface area contributed by atoms with Crippen molar-refractivity contribution in [3.63, 3.8) is 0 Å². The van der Waals surface area contributed by atoms with Crippen molar-refractivity contribution in [2.75, 3.05) is 18.5 Å². The molecule has 120 valence electrons. The molecule has 0 spiro atoms. The molecule has 1 fully saturated rings. The van der Waals surface area contributed by atoms with Gasteiger partial charge in [-0.25, -0.2) is 9.59 Å². The molecule has 1 N–H and O–H groups in total. The number of amides is 2. The Kier molecular flexibility index (Phi) is 5.06. The number of urea groups is 1. The van der Waals surface area contributed by atoms with E-state index >= 15 is 0 Å². The number of likely N-dealkylation sites (tertiary alicyclic amines) is 1. The second kappa shape index (κ2) is 6.81. The summed E-state index contributed by atoms with van der Waals surface area (Å²) < 4.78 is 0. The van der Waals surface area contributed by atoms with E-state index < -0.39 is 12.0 Å². The number of carboxylic acid groups (broad SMARTS) is 1. The number of carbonyl (C=O) groups excluding carboxylic acids is 1. The largest absolute Gasteiger partial charge is 0.480 e. The van der Waals surface area contributed by atoms with Crippen molar-refractivity contribution in [2.45, 2.75) is 45.1 Å². The molecule has 2 rings (SSSR count). The van der Waals surface area contributed by atoms with Crippen molar-refractivity contribution in [1.82, 2.24) is 4.90 Å². The minimum Gasteiger partial charge on any atom is -0.480 e. The third-order valence-electron chi connectivity index (χ3n) is 4.27. The number of hydrogen-bond donors (Lipinski definition) is 1. The number of rotatable bonds is 3. The van der Waals surface area contributed by atoms with Crippen molar-refractivity contribution in [1.29, 1.82) is 0 Å². The number of anilines is 1. The van der Waals surface area contributed by atoms with E-state index in [1.165, 1.54) is 15.4 Å². The van der Waals surface area contributed by atoms with Crippen molar-refractivity contribution >= 4 is 17.7 Å². The first kappa shape index (κ1) is 16.3. The van der Waals surface area contributed by atoms with E-state index in [0.29, 0.717) is 18.9 Å². The third kappa shape index (κ3) is 3.40. The van der Waals surface area contributed by atoms with Gasteiger partial charge < -0.3 is 10.0 Å². The first-order valence-corrected chi connectivity index (χ1v) is 7.79. The molecule has 0 radical (unpaired) electrons. The predicted molar refractivity (Wildman–Crippen MR) is 86.3 cm³/mol. The van der Waals surface area contributed by atoms with E-state index in [9.17, 15) is 14.7 Å². The topological polar surface area (TPSA) is 60.9 Å². The van der Waals surface area contributed by atoms with Crippen LogP contribution in [0.1, 0.15) is 44.6 Å². The molecule has 0 saturated carbocycles. The van der Waals surface area contributed by atoms with Gasteiger partial charge in [-0.2, -0.15) is 0 Å². The van der Waals surface area contributed by atoms with E-state index in [-0.39, 0.29) is 6.03 Å². The first-order valence-electron chi connectivity index (χ1n) is 7.79. The molecule has 22 heavy (non-hydrogen) atoms. The van der Waals surface area contributed by atoms with Gasteiger partial charge >= 0.3 is 12.0 Å². The minimum atomic E-state index is -0.920. The van der Waals surface area contributed by atoms with Gasteiger partial charge in [0.15, 0.2) is 0 Å². The zero-order chi connectivity index (χ0) is 16.3. The average Bonchev–Trinajstić information content (AvgIpc) is 2.53. The SMILES string of the molecule is CC(C)c1ccc(N(C)C(=O)N2CCCC[C@H]2C(=O)O)cc1. The van der Waals surface area contributed by atoms with Gasteiger partial charge in [-0.3, -0.25) is 4.90 Å². The number of aliphatic carboxylic acids is 1. The molecule has 2 amide bonds. The molecule has 1 atom stereocenters. The number of benzene rings is 1. The Balaban J connectivity index is 2.15. The zero-order valence-corrected chi connectivity index (χ0v) is 13.5. The van der Waals surface area contributed by atoms with E-state index in [0.717, 1.165) is 18.5 Å². The molecule has 0 bridgehead atoms. The van der Waals surface area contributed by atoms with Crippen molar-refractivity contribution in [2.24, 2.45) is 0 Å². The van der Waals surface area contributed by atoms with E-state index in [1.54, 1.807) is 7.05 Å². The summed E-state index contributed by atoms with van der Waals surface area (Å²) in [5.41, 5.74) is 2.00. The summed E-state index contributed by atoms with van der Waals surface area (Å²) in [7, 11) is 1.69. The zero-order valence-electron chi connectivity index (χ0n) is 13.5. The highest BCUT2D eigenvalue weighted by Gasteiger charge is 2.33. The quantitative estimate of drug-likeness (QED) is 0.932. The Labute approximate surface area is 131 Å². The summed E-state index contributed by atoms with van der Waals surface area (Å²) in [6.45, 7) is 4.74. The van der Waals surface area contributed by atoms with Crippen LogP contribution in [0.15, 0.2) is 24.3 Å². The van der Waals surface area contributed by atoms with Crippen molar-refractivity contribution in [3.05, 3.63) is 29.8 Å². The number of piperidine rings is 1. The normalized spacial score (nSPS) is 18.4. The van der Waals surface area contributed by atoms with Gasteiger partial charge in [-0.15, -0.1) is 0 Å². The van der Waals surface area contributed by atoms with Crippen LogP contribution in [0.3, 0.4) is 0 Å².